The van der Waals surface area contributed by atoms with Gasteiger partial charge in [-0.05, 0) is 29.8 Å². The Hall–Kier alpha value is -2.82. The van der Waals surface area contributed by atoms with E-state index in [9.17, 15) is 9.59 Å². The molecule has 0 aromatic heterocycles. The maximum absolute atomic E-state index is 12.3. The number of amides is 2. The molecule has 0 saturated carbocycles. The van der Waals surface area contributed by atoms with Crippen LogP contribution >= 0.6 is 0 Å². The van der Waals surface area contributed by atoms with Crippen LogP contribution in [-0.4, -0.2) is 18.9 Å². The number of methoxy groups -OCH3 is 1. The zero-order valence-corrected chi connectivity index (χ0v) is 13.3. The molecule has 2 N–H and O–H groups in total. The Morgan fingerprint density at radius 1 is 1.04 bits per heavy atom. The van der Waals surface area contributed by atoms with Gasteiger partial charge in [0.2, 0.25) is 5.91 Å². The molecule has 0 aliphatic rings. The van der Waals surface area contributed by atoms with E-state index in [0.717, 1.165) is 11.3 Å². The zero-order chi connectivity index (χ0) is 16.7. The first-order valence-corrected chi connectivity index (χ1v) is 7.44. The van der Waals surface area contributed by atoms with Gasteiger partial charge >= 0.3 is 0 Å². The molecule has 0 saturated heterocycles. The minimum atomic E-state index is -0.229. The van der Waals surface area contributed by atoms with E-state index < -0.39 is 0 Å². The first-order valence-electron chi connectivity index (χ1n) is 7.44. The monoisotopic (exact) mass is 312 g/mol. The molecule has 0 unspecified atom stereocenters. The average molecular weight is 312 g/mol. The molecule has 23 heavy (non-hydrogen) atoms. The highest BCUT2D eigenvalue weighted by atomic mass is 16.5. The van der Waals surface area contributed by atoms with Crippen molar-refractivity contribution in [3.63, 3.8) is 0 Å². The second-order valence-electron chi connectivity index (χ2n) is 4.98. The Morgan fingerprint density at radius 3 is 2.39 bits per heavy atom. The molecule has 2 rings (SSSR count). The summed E-state index contributed by atoms with van der Waals surface area (Å²) in [6.45, 7) is 2.17. The second kappa shape index (κ2) is 7.98. The molecule has 0 aliphatic carbocycles. The molecule has 0 spiro atoms. The van der Waals surface area contributed by atoms with Crippen molar-refractivity contribution in [3.8, 4) is 5.75 Å². The lowest BCUT2D eigenvalue weighted by molar-refractivity contribution is -0.115. The van der Waals surface area contributed by atoms with Crippen LogP contribution in [0.25, 0.3) is 0 Å². The number of rotatable bonds is 6. The third kappa shape index (κ3) is 4.57. The van der Waals surface area contributed by atoms with Crippen LogP contribution in [-0.2, 0) is 11.3 Å². The normalized spacial score (nSPS) is 10.0. The van der Waals surface area contributed by atoms with Crippen LogP contribution in [0.5, 0.6) is 5.75 Å². The SMILES string of the molecule is CCC(=O)Nc1ccccc1C(=O)NCc1ccc(OC)cc1. The van der Waals surface area contributed by atoms with Crippen LogP contribution in [0.4, 0.5) is 5.69 Å². The largest absolute Gasteiger partial charge is 0.497 e. The van der Waals surface area contributed by atoms with Crippen molar-refractivity contribution in [2.45, 2.75) is 19.9 Å². The highest BCUT2D eigenvalue weighted by Gasteiger charge is 2.12. The standard InChI is InChI=1S/C18H20N2O3/c1-3-17(21)20-16-7-5-4-6-15(16)18(22)19-12-13-8-10-14(23-2)11-9-13/h4-11H,3,12H2,1-2H3,(H,19,22)(H,20,21). The number of nitrogens with one attached hydrogen (secondary N) is 2. The molecule has 0 bridgehead atoms. The van der Waals surface area contributed by atoms with Gasteiger partial charge in [-0.3, -0.25) is 9.59 Å². The van der Waals surface area contributed by atoms with Crippen LogP contribution in [0.3, 0.4) is 0 Å². The van der Waals surface area contributed by atoms with Gasteiger partial charge in [-0.1, -0.05) is 31.2 Å². The average Bonchev–Trinajstić information content (AvgIpc) is 2.60. The quantitative estimate of drug-likeness (QED) is 0.861. The fourth-order valence-corrected chi connectivity index (χ4v) is 2.05. The highest BCUT2D eigenvalue weighted by molar-refractivity contribution is 6.03. The van der Waals surface area contributed by atoms with Crippen molar-refractivity contribution in [1.82, 2.24) is 5.32 Å². The van der Waals surface area contributed by atoms with Gasteiger partial charge in [0, 0.05) is 13.0 Å². The summed E-state index contributed by atoms with van der Waals surface area (Å²) < 4.78 is 5.10. The Morgan fingerprint density at radius 2 is 1.74 bits per heavy atom. The van der Waals surface area contributed by atoms with Crippen LogP contribution in [0, 0.1) is 0 Å². The maximum Gasteiger partial charge on any atom is 0.253 e. The van der Waals surface area contributed by atoms with Gasteiger partial charge in [0.25, 0.3) is 5.91 Å². The highest BCUT2D eigenvalue weighted by Crippen LogP contribution is 2.16. The molecule has 0 atom stereocenters. The van der Waals surface area contributed by atoms with Crippen molar-refractivity contribution >= 4 is 17.5 Å². The van der Waals surface area contributed by atoms with Gasteiger partial charge < -0.3 is 15.4 Å². The number of anilines is 1. The zero-order valence-electron chi connectivity index (χ0n) is 13.3. The summed E-state index contributed by atoms with van der Waals surface area (Å²) in [5.41, 5.74) is 1.93. The summed E-state index contributed by atoms with van der Waals surface area (Å²) in [5, 5.41) is 5.59. The topological polar surface area (TPSA) is 67.4 Å². The van der Waals surface area contributed by atoms with Gasteiger partial charge in [0.05, 0.1) is 18.4 Å². The van der Waals surface area contributed by atoms with Gasteiger partial charge in [-0.2, -0.15) is 0 Å². The van der Waals surface area contributed by atoms with Crippen molar-refractivity contribution in [2.75, 3.05) is 12.4 Å². The summed E-state index contributed by atoms with van der Waals surface area (Å²) in [4.78, 5) is 23.9. The van der Waals surface area contributed by atoms with E-state index in [0.29, 0.717) is 24.2 Å². The molecule has 5 nitrogen and oxygen atoms in total. The third-order valence-corrected chi connectivity index (χ3v) is 3.38. The summed E-state index contributed by atoms with van der Waals surface area (Å²) in [6, 6.07) is 14.4. The van der Waals surface area contributed by atoms with Crippen molar-refractivity contribution < 1.29 is 14.3 Å². The van der Waals surface area contributed by atoms with Crippen molar-refractivity contribution in [1.29, 1.82) is 0 Å². The number of carbonyl (C=O) groups is 2. The smallest absolute Gasteiger partial charge is 0.253 e. The molecule has 2 amide bonds. The molecule has 2 aromatic rings. The number of ether oxygens (including phenoxy) is 1. The van der Waals surface area contributed by atoms with E-state index in [-0.39, 0.29) is 11.8 Å². The minimum Gasteiger partial charge on any atom is -0.497 e. The Kier molecular flexibility index (Phi) is 5.74. The van der Waals surface area contributed by atoms with Crippen LogP contribution in [0.15, 0.2) is 48.5 Å². The Labute approximate surface area is 135 Å². The fraction of sp³-hybridized carbons (Fsp3) is 0.222. The second-order valence-corrected chi connectivity index (χ2v) is 4.98. The summed E-state index contributed by atoms with van der Waals surface area (Å²) in [6.07, 6.45) is 0.363. The predicted octanol–water partition coefficient (Wildman–Crippen LogP) is 2.97. The molecule has 0 fully saturated rings. The number of hydrogen-bond acceptors (Lipinski definition) is 3. The van der Waals surface area contributed by atoms with Gasteiger partial charge in [0.1, 0.15) is 5.75 Å². The first kappa shape index (κ1) is 16.5. The maximum atomic E-state index is 12.3. The van der Waals surface area contributed by atoms with E-state index in [2.05, 4.69) is 10.6 Å². The molecular formula is C18H20N2O3. The predicted molar refractivity (Wildman–Crippen MR) is 89.5 cm³/mol. The summed E-state index contributed by atoms with van der Waals surface area (Å²) in [7, 11) is 1.61. The molecule has 0 aliphatic heterocycles. The number of benzene rings is 2. The van der Waals surface area contributed by atoms with Crippen LogP contribution in [0.2, 0.25) is 0 Å². The molecule has 5 heteroatoms. The van der Waals surface area contributed by atoms with Gasteiger partial charge in [-0.15, -0.1) is 0 Å². The Bertz CT molecular complexity index is 681. The first-order chi connectivity index (χ1) is 11.1. The number of para-hydroxylation sites is 1. The minimum absolute atomic E-state index is 0.125. The molecule has 2 aromatic carbocycles. The number of carbonyl (C=O) groups excluding carboxylic acids is 2. The van der Waals surface area contributed by atoms with Crippen LogP contribution < -0.4 is 15.4 Å². The number of hydrogen-bond donors (Lipinski definition) is 2. The molecular weight excluding hydrogens is 292 g/mol. The lowest BCUT2D eigenvalue weighted by Crippen LogP contribution is -2.24. The van der Waals surface area contributed by atoms with Crippen LogP contribution in [0.1, 0.15) is 29.3 Å². The summed E-state index contributed by atoms with van der Waals surface area (Å²) >= 11 is 0. The molecule has 120 valence electrons. The molecule has 0 heterocycles. The van der Waals surface area contributed by atoms with E-state index in [4.69, 9.17) is 4.74 Å². The third-order valence-electron chi connectivity index (χ3n) is 3.38. The lowest BCUT2D eigenvalue weighted by atomic mass is 10.1. The molecule has 0 radical (unpaired) electrons. The fourth-order valence-electron chi connectivity index (χ4n) is 2.05. The lowest BCUT2D eigenvalue weighted by Gasteiger charge is -2.11. The van der Waals surface area contributed by atoms with E-state index >= 15 is 0 Å². The van der Waals surface area contributed by atoms with Gasteiger partial charge in [0.15, 0.2) is 0 Å². The van der Waals surface area contributed by atoms with E-state index in [1.807, 2.05) is 24.3 Å². The van der Waals surface area contributed by atoms with Crippen molar-refractivity contribution in [2.24, 2.45) is 0 Å². The van der Waals surface area contributed by atoms with Crippen molar-refractivity contribution in [3.05, 3.63) is 59.7 Å². The summed E-state index contributed by atoms with van der Waals surface area (Å²) in [5.74, 6) is 0.418. The van der Waals surface area contributed by atoms with Gasteiger partial charge in [-0.25, -0.2) is 0 Å². The van der Waals surface area contributed by atoms with E-state index in [1.54, 1.807) is 38.3 Å². The Balaban J connectivity index is 2.03. The van der Waals surface area contributed by atoms with E-state index in [1.165, 1.54) is 0 Å².